The molecule has 1 fully saturated rings. The molecule has 4 rings (SSSR count). The van der Waals surface area contributed by atoms with Crippen LogP contribution in [0, 0.1) is 6.92 Å². The minimum atomic E-state index is -0.178. The number of imidazole rings is 1. The highest BCUT2D eigenvalue weighted by Crippen LogP contribution is 2.27. The van der Waals surface area contributed by atoms with Gasteiger partial charge in [-0.15, -0.1) is 0 Å². The van der Waals surface area contributed by atoms with E-state index in [9.17, 15) is 4.79 Å². The zero-order valence-electron chi connectivity index (χ0n) is 15.3. The number of anilines is 1. The molecule has 1 saturated heterocycles. The number of piperidine rings is 1. The van der Waals surface area contributed by atoms with E-state index in [0.717, 1.165) is 55.2 Å². The lowest BCUT2D eigenvalue weighted by atomic mass is 9.92. The largest absolute Gasteiger partial charge is 0.364 e. The lowest BCUT2D eigenvalue weighted by Crippen LogP contribution is -2.28. The zero-order chi connectivity index (χ0) is 18.6. The molecule has 0 saturated carbocycles. The van der Waals surface area contributed by atoms with Gasteiger partial charge in [-0.1, -0.05) is 17.3 Å². The fraction of sp³-hybridized carbons (Fsp3) is 0.350. The standard InChI is InChI=1S/C20H23N5O2/c1-14-22-10-11-25(14)12-15-2-4-17(5-3-15)23-20(26)18-13-27-24-19(18)16-6-8-21-9-7-16/h2-5,10-11,13,16,21H,6-9,12H2,1H3,(H,23,26). The van der Waals surface area contributed by atoms with E-state index in [1.165, 1.54) is 6.26 Å². The molecule has 0 spiro atoms. The Labute approximate surface area is 157 Å². The Morgan fingerprint density at radius 1 is 1.30 bits per heavy atom. The molecule has 3 heterocycles. The summed E-state index contributed by atoms with van der Waals surface area (Å²) in [7, 11) is 0. The summed E-state index contributed by atoms with van der Waals surface area (Å²) < 4.78 is 7.19. The fourth-order valence-corrected chi connectivity index (χ4v) is 3.46. The van der Waals surface area contributed by atoms with E-state index in [1.807, 2.05) is 37.4 Å². The van der Waals surface area contributed by atoms with Crippen molar-refractivity contribution < 1.29 is 9.32 Å². The molecule has 140 valence electrons. The molecule has 0 bridgehead atoms. The molecule has 7 nitrogen and oxygen atoms in total. The van der Waals surface area contributed by atoms with Crippen molar-refractivity contribution in [2.45, 2.75) is 32.2 Å². The van der Waals surface area contributed by atoms with Gasteiger partial charge in [0.25, 0.3) is 5.91 Å². The van der Waals surface area contributed by atoms with Gasteiger partial charge in [0.1, 0.15) is 17.7 Å². The summed E-state index contributed by atoms with van der Waals surface area (Å²) in [5.41, 5.74) is 3.19. The van der Waals surface area contributed by atoms with Gasteiger partial charge in [0.05, 0.1) is 5.69 Å². The number of aryl methyl sites for hydroxylation is 1. The summed E-state index contributed by atoms with van der Waals surface area (Å²) in [5, 5.41) is 10.4. The number of rotatable bonds is 5. The highest BCUT2D eigenvalue weighted by molar-refractivity contribution is 6.04. The van der Waals surface area contributed by atoms with Crippen LogP contribution in [-0.2, 0) is 6.54 Å². The van der Waals surface area contributed by atoms with Gasteiger partial charge in [-0.05, 0) is 50.6 Å². The van der Waals surface area contributed by atoms with E-state index in [2.05, 4.69) is 25.3 Å². The van der Waals surface area contributed by atoms with Gasteiger partial charge in [-0.3, -0.25) is 4.79 Å². The van der Waals surface area contributed by atoms with Gasteiger partial charge in [-0.25, -0.2) is 4.98 Å². The van der Waals surface area contributed by atoms with Gasteiger partial charge in [0.2, 0.25) is 0 Å². The van der Waals surface area contributed by atoms with Crippen LogP contribution in [0.15, 0.2) is 47.4 Å². The first-order chi connectivity index (χ1) is 13.2. The monoisotopic (exact) mass is 365 g/mol. The molecule has 3 aromatic rings. The molecule has 1 aliphatic heterocycles. The fourth-order valence-electron chi connectivity index (χ4n) is 3.46. The number of carbonyl (C=O) groups is 1. The second-order valence-electron chi connectivity index (χ2n) is 6.89. The van der Waals surface area contributed by atoms with Crippen molar-refractivity contribution in [3.05, 3.63) is 65.6 Å². The minimum absolute atomic E-state index is 0.178. The normalized spacial score (nSPS) is 15.0. The van der Waals surface area contributed by atoms with Crippen molar-refractivity contribution in [1.82, 2.24) is 20.0 Å². The molecule has 2 N–H and O–H groups in total. The predicted octanol–water partition coefficient (Wildman–Crippen LogP) is 2.95. The van der Waals surface area contributed by atoms with Crippen LogP contribution in [0.2, 0.25) is 0 Å². The second-order valence-corrected chi connectivity index (χ2v) is 6.89. The maximum absolute atomic E-state index is 12.7. The Balaban J connectivity index is 1.43. The average molecular weight is 365 g/mol. The molecule has 2 aromatic heterocycles. The zero-order valence-corrected chi connectivity index (χ0v) is 15.3. The van der Waals surface area contributed by atoms with Crippen LogP contribution in [0.3, 0.4) is 0 Å². The van der Waals surface area contributed by atoms with Crippen molar-refractivity contribution in [2.75, 3.05) is 18.4 Å². The number of amides is 1. The Hall–Kier alpha value is -2.93. The number of carbonyl (C=O) groups excluding carboxylic acids is 1. The third-order valence-corrected chi connectivity index (χ3v) is 5.06. The lowest BCUT2D eigenvalue weighted by molar-refractivity contribution is 0.102. The first-order valence-electron chi connectivity index (χ1n) is 9.24. The Morgan fingerprint density at radius 2 is 2.07 bits per heavy atom. The average Bonchev–Trinajstić information content (AvgIpc) is 3.34. The van der Waals surface area contributed by atoms with Crippen molar-refractivity contribution in [3.8, 4) is 0 Å². The van der Waals surface area contributed by atoms with E-state index in [0.29, 0.717) is 5.56 Å². The quantitative estimate of drug-likeness (QED) is 0.726. The number of aromatic nitrogens is 3. The number of hydrogen-bond acceptors (Lipinski definition) is 5. The summed E-state index contributed by atoms with van der Waals surface area (Å²) in [5.74, 6) is 1.07. The van der Waals surface area contributed by atoms with Gasteiger partial charge in [0.15, 0.2) is 0 Å². The second kappa shape index (κ2) is 7.75. The lowest BCUT2D eigenvalue weighted by Gasteiger charge is -2.21. The molecule has 1 amide bonds. The highest BCUT2D eigenvalue weighted by Gasteiger charge is 2.25. The van der Waals surface area contributed by atoms with Gasteiger partial charge in [0, 0.05) is 30.5 Å². The first kappa shape index (κ1) is 17.5. The molecular weight excluding hydrogens is 342 g/mol. The van der Waals surface area contributed by atoms with E-state index < -0.39 is 0 Å². The van der Waals surface area contributed by atoms with Crippen LogP contribution >= 0.6 is 0 Å². The van der Waals surface area contributed by atoms with Crippen LogP contribution < -0.4 is 10.6 Å². The molecular formula is C20H23N5O2. The molecule has 0 unspecified atom stereocenters. The van der Waals surface area contributed by atoms with E-state index in [4.69, 9.17) is 4.52 Å². The minimum Gasteiger partial charge on any atom is -0.364 e. The predicted molar refractivity (Wildman–Crippen MR) is 102 cm³/mol. The van der Waals surface area contributed by atoms with Gasteiger partial charge < -0.3 is 19.7 Å². The number of benzene rings is 1. The Morgan fingerprint density at radius 3 is 2.78 bits per heavy atom. The van der Waals surface area contributed by atoms with Crippen LogP contribution in [-0.4, -0.2) is 33.7 Å². The maximum Gasteiger partial charge on any atom is 0.260 e. The van der Waals surface area contributed by atoms with Crippen molar-refractivity contribution >= 4 is 11.6 Å². The van der Waals surface area contributed by atoms with Crippen molar-refractivity contribution in [3.63, 3.8) is 0 Å². The number of nitrogens with one attached hydrogen (secondary N) is 2. The molecule has 1 aromatic carbocycles. The Kier molecular flexibility index (Phi) is 5.02. The third-order valence-electron chi connectivity index (χ3n) is 5.06. The summed E-state index contributed by atoms with van der Waals surface area (Å²) in [4.78, 5) is 16.9. The molecule has 27 heavy (non-hydrogen) atoms. The molecule has 7 heteroatoms. The third kappa shape index (κ3) is 3.93. The Bertz CT molecular complexity index is 907. The molecule has 0 atom stereocenters. The highest BCUT2D eigenvalue weighted by atomic mass is 16.5. The summed E-state index contributed by atoms with van der Waals surface area (Å²) in [6.07, 6.45) is 7.13. The molecule has 0 aliphatic carbocycles. The summed E-state index contributed by atoms with van der Waals surface area (Å²) >= 11 is 0. The maximum atomic E-state index is 12.7. The van der Waals surface area contributed by atoms with E-state index in [1.54, 1.807) is 6.20 Å². The van der Waals surface area contributed by atoms with Gasteiger partial charge >= 0.3 is 0 Å². The first-order valence-corrected chi connectivity index (χ1v) is 9.24. The van der Waals surface area contributed by atoms with E-state index >= 15 is 0 Å². The molecule has 0 radical (unpaired) electrons. The van der Waals surface area contributed by atoms with Crippen LogP contribution in [0.25, 0.3) is 0 Å². The van der Waals surface area contributed by atoms with Crippen LogP contribution in [0.1, 0.15) is 46.2 Å². The van der Waals surface area contributed by atoms with Gasteiger partial charge in [-0.2, -0.15) is 0 Å². The van der Waals surface area contributed by atoms with Crippen molar-refractivity contribution in [1.29, 1.82) is 0 Å². The topological polar surface area (TPSA) is 85.0 Å². The molecule has 1 aliphatic rings. The van der Waals surface area contributed by atoms with E-state index in [-0.39, 0.29) is 11.8 Å². The van der Waals surface area contributed by atoms with Crippen LogP contribution in [0.5, 0.6) is 0 Å². The summed E-state index contributed by atoms with van der Waals surface area (Å²) in [6.45, 7) is 4.62. The van der Waals surface area contributed by atoms with Crippen molar-refractivity contribution in [2.24, 2.45) is 0 Å². The summed E-state index contributed by atoms with van der Waals surface area (Å²) in [6, 6.07) is 7.85. The van der Waals surface area contributed by atoms with Crippen LogP contribution in [0.4, 0.5) is 5.69 Å². The SMILES string of the molecule is Cc1nccn1Cc1ccc(NC(=O)c2conc2C2CCNCC2)cc1. The number of hydrogen-bond donors (Lipinski definition) is 2. The number of nitrogens with zero attached hydrogens (tertiary/aromatic N) is 3. The smallest absolute Gasteiger partial charge is 0.260 e.